The van der Waals surface area contributed by atoms with Gasteiger partial charge in [-0.15, -0.1) is 0 Å². The SMILES string of the molecule is CC(CCC[C@@H](C)[C@H]1CC[C@H]2[C@@H]3CC=C4C[C@@H](O)CC[C@]4(C)[C@H]3CC[C@]12C)CC(=O)O. The molecule has 9 atom stereocenters. The highest BCUT2D eigenvalue weighted by Gasteiger charge is 2.59. The van der Waals surface area contributed by atoms with Crippen LogP contribution in [0.3, 0.4) is 0 Å². The fourth-order valence-electron chi connectivity index (χ4n) is 9.01. The summed E-state index contributed by atoms with van der Waals surface area (Å²) in [6.45, 7) is 9.72. The topological polar surface area (TPSA) is 57.5 Å². The molecule has 1 unspecified atom stereocenters. The maximum atomic E-state index is 10.9. The molecular weight excluding hydrogens is 384 g/mol. The first-order valence-electron chi connectivity index (χ1n) is 13.2. The van der Waals surface area contributed by atoms with Crippen LogP contribution in [0.25, 0.3) is 0 Å². The van der Waals surface area contributed by atoms with Crippen molar-refractivity contribution in [3.8, 4) is 0 Å². The van der Waals surface area contributed by atoms with E-state index in [0.29, 0.717) is 23.2 Å². The number of carbonyl (C=O) groups is 1. The fourth-order valence-corrected chi connectivity index (χ4v) is 9.01. The number of carboxylic acid groups (broad SMARTS) is 1. The minimum absolute atomic E-state index is 0.111. The molecule has 4 rings (SSSR count). The minimum Gasteiger partial charge on any atom is -0.481 e. The molecule has 0 aliphatic heterocycles. The third-order valence-electron chi connectivity index (χ3n) is 10.7. The maximum absolute atomic E-state index is 10.9. The molecule has 0 amide bonds. The molecule has 3 saturated carbocycles. The molecule has 4 aliphatic rings. The van der Waals surface area contributed by atoms with E-state index in [1.807, 2.05) is 0 Å². The Balaban J connectivity index is 1.41. The van der Waals surface area contributed by atoms with Crippen molar-refractivity contribution in [3.63, 3.8) is 0 Å². The molecule has 0 radical (unpaired) electrons. The number of rotatable bonds is 7. The quantitative estimate of drug-likeness (QED) is 0.435. The number of aliphatic hydroxyl groups is 1. The molecule has 0 heterocycles. The van der Waals surface area contributed by atoms with Crippen LogP contribution in [0.1, 0.15) is 105 Å². The molecule has 3 heteroatoms. The van der Waals surface area contributed by atoms with Crippen LogP contribution in [0, 0.1) is 46.3 Å². The highest BCUT2D eigenvalue weighted by molar-refractivity contribution is 5.66. The van der Waals surface area contributed by atoms with E-state index in [1.54, 1.807) is 5.57 Å². The van der Waals surface area contributed by atoms with E-state index in [4.69, 9.17) is 5.11 Å². The van der Waals surface area contributed by atoms with E-state index in [2.05, 4.69) is 33.8 Å². The zero-order valence-electron chi connectivity index (χ0n) is 20.4. The van der Waals surface area contributed by atoms with Gasteiger partial charge >= 0.3 is 5.97 Å². The molecule has 2 N–H and O–H groups in total. The first kappa shape index (κ1) is 23.3. The summed E-state index contributed by atoms with van der Waals surface area (Å²) in [7, 11) is 0. The third kappa shape index (κ3) is 4.25. The smallest absolute Gasteiger partial charge is 0.303 e. The molecule has 0 aromatic heterocycles. The summed E-state index contributed by atoms with van der Waals surface area (Å²) in [5.41, 5.74) is 2.41. The molecule has 0 bridgehead atoms. The van der Waals surface area contributed by atoms with Crippen LogP contribution in [0.4, 0.5) is 0 Å². The molecule has 176 valence electrons. The molecular formula is C28H46O3. The fraction of sp³-hybridized carbons (Fsp3) is 0.893. The minimum atomic E-state index is -0.658. The predicted molar refractivity (Wildman–Crippen MR) is 126 cm³/mol. The van der Waals surface area contributed by atoms with Crippen molar-refractivity contribution in [2.24, 2.45) is 46.3 Å². The van der Waals surface area contributed by atoms with E-state index in [1.165, 1.54) is 51.4 Å². The summed E-state index contributed by atoms with van der Waals surface area (Å²) >= 11 is 0. The van der Waals surface area contributed by atoms with Crippen molar-refractivity contribution in [2.45, 2.75) is 111 Å². The first-order valence-corrected chi connectivity index (χ1v) is 13.2. The summed E-state index contributed by atoms with van der Waals surface area (Å²) in [4.78, 5) is 10.9. The molecule has 3 nitrogen and oxygen atoms in total. The lowest BCUT2D eigenvalue weighted by Gasteiger charge is -2.58. The Bertz CT molecular complexity index is 698. The van der Waals surface area contributed by atoms with Crippen LogP contribution in [0.5, 0.6) is 0 Å². The van der Waals surface area contributed by atoms with Gasteiger partial charge in [-0.25, -0.2) is 0 Å². The highest BCUT2D eigenvalue weighted by atomic mass is 16.4. The molecule has 0 saturated heterocycles. The van der Waals surface area contributed by atoms with Gasteiger partial charge in [0.25, 0.3) is 0 Å². The van der Waals surface area contributed by atoms with Gasteiger partial charge in [0.05, 0.1) is 6.10 Å². The third-order valence-corrected chi connectivity index (χ3v) is 10.7. The standard InChI is InChI=1S/C28H46O3/c1-18(16-26(30)31)6-5-7-19(2)23-10-11-24-22-9-8-20-17-21(29)12-14-27(20,3)25(22)13-15-28(23,24)4/h8,18-19,21-25,29H,5-7,9-17H2,1-4H3,(H,30,31)/t18?,19-,21+,22+,23-,24+,25+,27+,28-/m1/s1. The molecule has 3 fully saturated rings. The number of aliphatic carboxylic acids is 1. The van der Waals surface area contributed by atoms with E-state index in [9.17, 15) is 9.90 Å². The Morgan fingerprint density at radius 1 is 1.10 bits per heavy atom. The Morgan fingerprint density at radius 2 is 1.87 bits per heavy atom. The van der Waals surface area contributed by atoms with Crippen LogP contribution in [-0.4, -0.2) is 22.3 Å². The van der Waals surface area contributed by atoms with Crippen molar-refractivity contribution < 1.29 is 15.0 Å². The summed E-state index contributed by atoms with van der Waals surface area (Å²) in [6, 6.07) is 0. The lowest BCUT2D eigenvalue weighted by Crippen LogP contribution is -2.50. The highest BCUT2D eigenvalue weighted by Crippen LogP contribution is 2.67. The molecule has 0 spiro atoms. The largest absolute Gasteiger partial charge is 0.481 e. The van der Waals surface area contributed by atoms with E-state index < -0.39 is 5.97 Å². The van der Waals surface area contributed by atoms with E-state index >= 15 is 0 Å². The Kier molecular flexibility index (Phi) is 6.65. The van der Waals surface area contributed by atoms with Gasteiger partial charge in [0.2, 0.25) is 0 Å². The first-order chi connectivity index (χ1) is 14.6. The lowest BCUT2D eigenvalue weighted by molar-refractivity contribution is -0.138. The molecule has 0 aromatic rings. The van der Waals surface area contributed by atoms with Crippen LogP contribution in [-0.2, 0) is 4.79 Å². The summed E-state index contributed by atoms with van der Waals surface area (Å²) in [5, 5.41) is 19.2. The van der Waals surface area contributed by atoms with Crippen LogP contribution in [0.2, 0.25) is 0 Å². The normalized spacial score (nSPS) is 43.9. The summed E-state index contributed by atoms with van der Waals surface area (Å²) in [5.74, 6) is 3.75. The van der Waals surface area contributed by atoms with Gasteiger partial charge in [0.15, 0.2) is 0 Å². The summed E-state index contributed by atoms with van der Waals surface area (Å²) < 4.78 is 0. The number of hydrogen-bond acceptors (Lipinski definition) is 2. The van der Waals surface area contributed by atoms with Crippen LogP contribution in [0.15, 0.2) is 11.6 Å². The number of fused-ring (bicyclic) bond motifs is 5. The van der Waals surface area contributed by atoms with Gasteiger partial charge in [-0.3, -0.25) is 4.79 Å². The Labute approximate surface area is 190 Å². The van der Waals surface area contributed by atoms with Crippen molar-refractivity contribution in [1.29, 1.82) is 0 Å². The number of aliphatic hydroxyl groups excluding tert-OH is 1. The van der Waals surface area contributed by atoms with E-state index in [0.717, 1.165) is 48.9 Å². The van der Waals surface area contributed by atoms with Crippen molar-refractivity contribution >= 4 is 5.97 Å². The second kappa shape index (κ2) is 8.84. The Morgan fingerprint density at radius 3 is 2.61 bits per heavy atom. The molecule has 0 aromatic carbocycles. The predicted octanol–water partition coefficient (Wildman–Crippen LogP) is 6.84. The zero-order valence-corrected chi connectivity index (χ0v) is 20.4. The second-order valence-corrected chi connectivity index (χ2v) is 12.5. The van der Waals surface area contributed by atoms with Gasteiger partial charge in [0.1, 0.15) is 0 Å². The maximum Gasteiger partial charge on any atom is 0.303 e. The van der Waals surface area contributed by atoms with Gasteiger partial charge in [-0.1, -0.05) is 58.6 Å². The summed E-state index contributed by atoms with van der Waals surface area (Å²) in [6.07, 6.45) is 16.1. The van der Waals surface area contributed by atoms with Crippen molar-refractivity contribution in [2.75, 3.05) is 0 Å². The van der Waals surface area contributed by atoms with Crippen molar-refractivity contribution in [1.82, 2.24) is 0 Å². The van der Waals surface area contributed by atoms with Gasteiger partial charge in [-0.05, 0) is 97.7 Å². The van der Waals surface area contributed by atoms with Crippen LogP contribution < -0.4 is 0 Å². The number of carboxylic acids is 1. The average molecular weight is 431 g/mol. The Hall–Kier alpha value is -0.830. The second-order valence-electron chi connectivity index (χ2n) is 12.5. The van der Waals surface area contributed by atoms with E-state index in [-0.39, 0.29) is 6.10 Å². The number of allylic oxidation sites excluding steroid dienone is 1. The lowest BCUT2D eigenvalue weighted by atomic mass is 9.47. The van der Waals surface area contributed by atoms with Crippen molar-refractivity contribution in [3.05, 3.63) is 11.6 Å². The van der Waals surface area contributed by atoms with Gasteiger partial charge in [0, 0.05) is 6.42 Å². The molecule has 4 aliphatic carbocycles. The average Bonchev–Trinajstić information content (AvgIpc) is 3.05. The zero-order chi connectivity index (χ0) is 22.4. The van der Waals surface area contributed by atoms with Gasteiger partial charge < -0.3 is 10.2 Å². The number of hydrogen-bond donors (Lipinski definition) is 2. The van der Waals surface area contributed by atoms with Gasteiger partial charge in [-0.2, -0.15) is 0 Å². The molecule has 31 heavy (non-hydrogen) atoms. The van der Waals surface area contributed by atoms with Crippen LogP contribution >= 0.6 is 0 Å². The monoisotopic (exact) mass is 430 g/mol.